The number of amides is 3. The van der Waals surface area contributed by atoms with Crippen molar-refractivity contribution < 1.29 is 33.6 Å². The number of hydrogen-bond acceptors (Lipinski definition) is 8. The van der Waals surface area contributed by atoms with Crippen LogP contribution in [-0.2, 0) is 19.1 Å². The van der Waals surface area contributed by atoms with Crippen molar-refractivity contribution in [3.63, 3.8) is 0 Å². The van der Waals surface area contributed by atoms with Crippen LogP contribution in [0.4, 0.5) is 11.4 Å². The number of rotatable bonds is 8. The second-order valence-electron chi connectivity index (χ2n) is 7.41. The molecule has 1 aliphatic rings. The van der Waals surface area contributed by atoms with Crippen LogP contribution in [0.25, 0.3) is 0 Å². The summed E-state index contributed by atoms with van der Waals surface area (Å²) in [4.78, 5) is 70.8. The molecule has 1 fully saturated rings. The van der Waals surface area contributed by atoms with E-state index in [0.717, 1.165) is 11.1 Å². The van der Waals surface area contributed by atoms with Crippen molar-refractivity contribution in [2.75, 3.05) is 18.5 Å². The summed E-state index contributed by atoms with van der Waals surface area (Å²) in [7, 11) is 0. The van der Waals surface area contributed by atoms with E-state index in [1.165, 1.54) is 31.2 Å². The van der Waals surface area contributed by atoms with Crippen LogP contribution in [0.1, 0.15) is 34.1 Å². The Morgan fingerprint density at radius 3 is 2.59 bits per heavy atom. The minimum atomic E-state index is -0.938. The summed E-state index contributed by atoms with van der Waals surface area (Å²) >= 11 is 0. The van der Waals surface area contributed by atoms with Gasteiger partial charge in [0.1, 0.15) is 5.56 Å². The number of hydrazine groups is 1. The van der Waals surface area contributed by atoms with Crippen molar-refractivity contribution in [3.8, 4) is 0 Å². The highest BCUT2D eigenvalue weighted by atomic mass is 16.6. The number of hydrogen-bond donors (Lipinski definition) is 2. The van der Waals surface area contributed by atoms with Crippen LogP contribution >= 0.6 is 0 Å². The molecule has 34 heavy (non-hydrogen) atoms. The minimum absolute atomic E-state index is 0.174. The number of ether oxygens (including phenoxy) is 1. The lowest BCUT2D eigenvalue weighted by Crippen LogP contribution is -2.43. The first-order chi connectivity index (χ1) is 16.2. The second kappa shape index (κ2) is 10.3. The number of nitrogens with zero attached hydrogens (tertiary/aromatic N) is 2. The van der Waals surface area contributed by atoms with E-state index in [9.17, 15) is 34.1 Å². The summed E-state index contributed by atoms with van der Waals surface area (Å²) in [6, 6.07) is 11.5. The zero-order valence-electron chi connectivity index (χ0n) is 18.0. The molecule has 2 N–H and O–H groups in total. The molecule has 3 amide bonds. The van der Waals surface area contributed by atoms with Crippen molar-refractivity contribution in [3.05, 3.63) is 69.8 Å². The Morgan fingerprint density at radius 1 is 1.15 bits per heavy atom. The Labute approximate surface area is 193 Å². The fourth-order valence-electron chi connectivity index (χ4n) is 3.25. The molecule has 0 unspecified atom stereocenters. The first kappa shape index (κ1) is 24.0. The predicted octanol–water partition coefficient (Wildman–Crippen LogP) is 1.47. The third-order valence-electron chi connectivity index (χ3n) is 4.94. The number of nitro groups is 1. The van der Waals surface area contributed by atoms with Gasteiger partial charge in [-0.05, 0) is 25.1 Å². The van der Waals surface area contributed by atoms with Crippen LogP contribution in [0.15, 0.2) is 48.5 Å². The topological polar surface area (TPSA) is 165 Å². The molecule has 0 bridgehead atoms. The monoisotopic (exact) mass is 468 g/mol. The van der Waals surface area contributed by atoms with Crippen LogP contribution in [0, 0.1) is 16.0 Å². The first-order valence-corrected chi connectivity index (χ1v) is 10.1. The zero-order valence-corrected chi connectivity index (χ0v) is 18.0. The average Bonchev–Trinajstić information content (AvgIpc) is 3.17. The number of esters is 1. The van der Waals surface area contributed by atoms with Crippen molar-refractivity contribution in [1.82, 2.24) is 10.4 Å². The molecular weight excluding hydrogens is 448 g/mol. The van der Waals surface area contributed by atoms with Crippen LogP contribution in [0.5, 0.6) is 0 Å². The molecule has 2 aromatic rings. The van der Waals surface area contributed by atoms with Gasteiger partial charge in [-0.2, -0.15) is 0 Å². The quantitative estimate of drug-likeness (QED) is 0.254. The second-order valence-corrected chi connectivity index (χ2v) is 7.41. The van der Waals surface area contributed by atoms with Gasteiger partial charge < -0.3 is 10.1 Å². The lowest BCUT2D eigenvalue weighted by Gasteiger charge is -2.17. The fourth-order valence-corrected chi connectivity index (χ4v) is 3.25. The molecule has 12 heteroatoms. The van der Waals surface area contributed by atoms with E-state index in [1.807, 2.05) is 0 Å². The summed E-state index contributed by atoms with van der Waals surface area (Å²) in [5, 5.41) is 14.5. The van der Waals surface area contributed by atoms with Gasteiger partial charge in [0.15, 0.2) is 12.4 Å². The Balaban J connectivity index is 1.52. The molecule has 1 saturated heterocycles. The van der Waals surface area contributed by atoms with E-state index < -0.39 is 46.8 Å². The van der Waals surface area contributed by atoms with Crippen LogP contribution in [0.3, 0.4) is 0 Å². The van der Waals surface area contributed by atoms with Gasteiger partial charge >= 0.3 is 5.97 Å². The van der Waals surface area contributed by atoms with Crippen LogP contribution < -0.4 is 10.7 Å². The van der Waals surface area contributed by atoms with Gasteiger partial charge in [0, 0.05) is 23.7 Å². The fraction of sp³-hybridized carbons (Fsp3) is 0.227. The highest BCUT2D eigenvalue weighted by Gasteiger charge is 2.37. The van der Waals surface area contributed by atoms with Gasteiger partial charge in [-0.15, -0.1) is 0 Å². The minimum Gasteiger partial charge on any atom is -0.455 e. The first-order valence-electron chi connectivity index (χ1n) is 10.1. The molecule has 0 radical (unpaired) electrons. The molecule has 0 saturated carbocycles. The van der Waals surface area contributed by atoms with Crippen LogP contribution in [0.2, 0.25) is 0 Å². The number of carbonyl (C=O) groups is 5. The van der Waals surface area contributed by atoms with Crippen molar-refractivity contribution >= 4 is 40.8 Å². The van der Waals surface area contributed by atoms with E-state index in [0.29, 0.717) is 11.3 Å². The SMILES string of the molecule is CC(=O)c1cccc(NC(=O)COC(=O)[C@H]2CC(=O)N(NC(=O)c3ccccc3[N+](=O)[O-])C2)c1. The number of anilines is 1. The maximum atomic E-state index is 12.4. The largest absolute Gasteiger partial charge is 0.455 e. The highest BCUT2D eigenvalue weighted by molar-refractivity contribution is 6.00. The number of Topliss-reactive ketones (excluding diaryl/α,β-unsaturated/α-hetero) is 1. The van der Waals surface area contributed by atoms with Gasteiger partial charge in [0.2, 0.25) is 5.91 Å². The molecule has 0 aliphatic carbocycles. The van der Waals surface area contributed by atoms with E-state index in [4.69, 9.17) is 4.74 Å². The maximum Gasteiger partial charge on any atom is 0.311 e. The number of para-hydroxylation sites is 1. The van der Waals surface area contributed by atoms with E-state index in [-0.39, 0.29) is 24.3 Å². The molecule has 1 atom stereocenters. The van der Waals surface area contributed by atoms with E-state index in [2.05, 4.69) is 10.7 Å². The van der Waals surface area contributed by atoms with Crippen molar-refractivity contribution in [2.45, 2.75) is 13.3 Å². The number of ketones is 1. The average molecular weight is 468 g/mol. The maximum absolute atomic E-state index is 12.4. The van der Waals surface area contributed by atoms with Crippen molar-refractivity contribution in [2.24, 2.45) is 5.92 Å². The van der Waals surface area contributed by atoms with E-state index >= 15 is 0 Å². The standard InChI is InChI=1S/C22H20N4O8/c1-13(27)14-5-4-6-16(9-14)23-19(28)12-34-22(31)15-10-20(29)25(11-15)24-21(30)17-7-2-3-8-18(17)26(32)33/h2-9,15H,10-12H2,1H3,(H,23,28)(H,24,30)/t15-/m0/s1. The summed E-state index contributed by atoms with van der Waals surface area (Å²) in [5.74, 6) is -4.02. The summed E-state index contributed by atoms with van der Waals surface area (Å²) in [5.41, 5.74) is 2.36. The predicted molar refractivity (Wildman–Crippen MR) is 116 cm³/mol. The molecule has 1 heterocycles. The molecule has 0 spiro atoms. The van der Waals surface area contributed by atoms with Crippen molar-refractivity contribution in [1.29, 1.82) is 0 Å². The van der Waals surface area contributed by atoms with Gasteiger partial charge in [-0.3, -0.25) is 44.5 Å². The Hall–Kier alpha value is -4.61. The Kier molecular flexibility index (Phi) is 7.31. The third-order valence-corrected chi connectivity index (χ3v) is 4.94. The molecule has 1 aliphatic heterocycles. The Morgan fingerprint density at radius 2 is 1.88 bits per heavy atom. The van der Waals surface area contributed by atoms with E-state index in [1.54, 1.807) is 18.2 Å². The number of carbonyl (C=O) groups excluding carboxylic acids is 5. The molecule has 176 valence electrons. The van der Waals surface area contributed by atoms with Crippen LogP contribution in [-0.4, -0.2) is 52.6 Å². The Bertz CT molecular complexity index is 1180. The number of nitrogens with one attached hydrogen (secondary N) is 2. The molecule has 12 nitrogen and oxygen atoms in total. The summed E-state index contributed by atoms with van der Waals surface area (Å²) < 4.78 is 4.98. The lowest BCUT2D eigenvalue weighted by atomic mass is 10.1. The molecular formula is C22H20N4O8. The number of benzene rings is 2. The summed E-state index contributed by atoms with van der Waals surface area (Å²) in [6.07, 6.45) is -0.266. The van der Waals surface area contributed by atoms with Gasteiger partial charge in [-0.25, -0.2) is 0 Å². The smallest absolute Gasteiger partial charge is 0.311 e. The molecule has 3 rings (SSSR count). The third kappa shape index (κ3) is 5.79. The van der Waals surface area contributed by atoms with Gasteiger partial charge in [0.05, 0.1) is 17.4 Å². The van der Waals surface area contributed by atoms with Gasteiger partial charge in [0.25, 0.3) is 17.5 Å². The molecule has 2 aromatic carbocycles. The highest BCUT2D eigenvalue weighted by Crippen LogP contribution is 2.21. The summed E-state index contributed by atoms with van der Waals surface area (Å²) in [6.45, 7) is 0.557. The zero-order chi connectivity index (χ0) is 24.8. The normalized spacial score (nSPS) is 14.9. The molecule has 0 aromatic heterocycles. The lowest BCUT2D eigenvalue weighted by molar-refractivity contribution is -0.385. The van der Waals surface area contributed by atoms with Gasteiger partial charge in [-0.1, -0.05) is 24.3 Å². The number of nitro benzene ring substituents is 1.